The van der Waals surface area contributed by atoms with E-state index in [1.54, 1.807) is 0 Å². The lowest BCUT2D eigenvalue weighted by Gasteiger charge is -2.23. The molecule has 2 rings (SSSR count). The number of hydrogen-bond donors (Lipinski definition) is 1. The molecule has 0 radical (unpaired) electrons. The topological polar surface area (TPSA) is 54.3 Å². The molecule has 0 aromatic heterocycles. The molecule has 128 valence electrons. The summed E-state index contributed by atoms with van der Waals surface area (Å²) in [6, 6.07) is 7.60. The van der Waals surface area contributed by atoms with Gasteiger partial charge < -0.3 is 14.7 Å². The Hall–Kier alpha value is -1.14. The van der Waals surface area contributed by atoms with Crippen LogP contribution in [0.5, 0.6) is 0 Å². The Morgan fingerprint density at radius 2 is 2.09 bits per heavy atom. The van der Waals surface area contributed by atoms with Crippen molar-refractivity contribution in [3.63, 3.8) is 0 Å². The number of oxime groups is 1. The van der Waals surface area contributed by atoms with Crippen molar-refractivity contribution in [2.75, 3.05) is 26.7 Å². The van der Waals surface area contributed by atoms with Gasteiger partial charge in [-0.3, -0.25) is 4.90 Å². The predicted molar refractivity (Wildman–Crippen MR) is 92.1 cm³/mol. The molecule has 23 heavy (non-hydrogen) atoms. The van der Waals surface area contributed by atoms with Crippen molar-refractivity contribution in [1.82, 2.24) is 4.90 Å². The highest BCUT2D eigenvalue weighted by Gasteiger charge is 2.24. The van der Waals surface area contributed by atoms with Gasteiger partial charge in [0.05, 0.1) is 24.5 Å². The second kappa shape index (κ2) is 8.64. The van der Waals surface area contributed by atoms with Gasteiger partial charge in [-0.2, -0.15) is 0 Å². The van der Waals surface area contributed by atoms with Crippen LogP contribution in [0.25, 0.3) is 0 Å². The molecule has 0 amide bonds. The van der Waals surface area contributed by atoms with Crippen LogP contribution in [0.3, 0.4) is 0 Å². The van der Waals surface area contributed by atoms with Crippen molar-refractivity contribution in [3.05, 3.63) is 34.9 Å². The summed E-state index contributed by atoms with van der Waals surface area (Å²) in [5, 5.41) is 14.8. The fraction of sp³-hybridized carbons (Fsp3) is 0.588. The van der Waals surface area contributed by atoms with E-state index in [9.17, 15) is 5.11 Å². The number of likely N-dealkylation sites (N-methyl/N-ethyl adjacent to an activating group) is 1. The van der Waals surface area contributed by atoms with E-state index < -0.39 is 6.10 Å². The van der Waals surface area contributed by atoms with Crippen molar-refractivity contribution in [3.8, 4) is 0 Å². The molecule has 1 aromatic carbocycles. The van der Waals surface area contributed by atoms with Crippen molar-refractivity contribution in [1.29, 1.82) is 0 Å². The number of aliphatic hydroxyl groups excluding tert-OH is 1. The SMILES string of the molecule is CC(C)OCC(O)CN(C)CC1CC(c2ccc(Cl)cc2)=NO1. The Bertz CT molecular complexity index is 519. The van der Waals surface area contributed by atoms with E-state index in [1.807, 2.05) is 50.1 Å². The van der Waals surface area contributed by atoms with Crippen LogP contribution in [-0.4, -0.2) is 60.8 Å². The monoisotopic (exact) mass is 340 g/mol. The summed E-state index contributed by atoms with van der Waals surface area (Å²) < 4.78 is 5.42. The summed E-state index contributed by atoms with van der Waals surface area (Å²) in [4.78, 5) is 7.54. The lowest BCUT2D eigenvalue weighted by Crippen LogP contribution is -2.37. The van der Waals surface area contributed by atoms with Crippen LogP contribution in [0.4, 0.5) is 0 Å². The van der Waals surface area contributed by atoms with E-state index in [2.05, 4.69) is 5.16 Å². The maximum absolute atomic E-state index is 9.95. The summed E-state index contributed by atoms with van der Waals surface area (Å²) in [7, 11) is 1.96. The minimum atomic E-state index is -0.500. The fourth-order valence-corrected chi connectivity index (χ4v) is 2.60. The summed E-state index contributed by atoms with van der Waals surface area (Å²) in [5.41, 5.74) is 1.97. The molecule has 1 aliphatic rings. The quantitative estimate of drug-likeness (QED) is 0.790. The second-order valence-corrected chi connectivity index (χ2v) is 6.67. The van der Waals surface area contributed by atoms with Gasteiger partial charge in [-0.05, 0) is 38.6 Å². The fourth-order valence-electron chi connectivity index (χ4n) is 2.48. The standard InChI is InChI=1S/C17H25ClN2O3/c1-12(2)22-11-15(21)9-20(3)10-16-8-17(19-23-16)13-4-6-14(18)7-5-13/h4-7,12,15-16,21H,8-11H2,1-3H3. The van der Waals surface area contributed by atoms with Crippen molar-refractivity contribution in [2.24, 2.45) is 5.16 Å². The van der Waals surface area contributed by atoms with Crippen LogP contribution >= 0.6 is 11.6 Å². The molecule has 5 nitrogen and oxygen atoms in total. The zero-order chi connectivity index (χ0) is 16.8. The molecule has 2 atom stereocenters. The van der Waals surface area contributed by atoms with Crippen LogP contribution in [0.15, 0.2) is 29.4 Å². The minimum Gasteiger partial charge on any atom is -0.390 e. The zero-order valence-corrected chi connectivity index (χ0v) is 14.7. The highest BCUT2D eigenvalue weighted by molar-refractivity contribution is 6.30. The third kappa shape index (κ3) is 6.11. The van der Waals surface area contributed by atoms with Gasteiger partial charge in [0, 0.05) is 24.5 Å². The Labute approximate surface area is 142 Å². The van der Waals surface area contributed by atoms with Crippen LogP contribution in [0.2, 0.25) is 5.02 Å². The Morgan fingerprint density at radius 3 is 2.74 bits per heavy atom. The van der Waals surface area contributed by atoms with Crippen LogP contribution in [-0.2, 0) is 9.57 Å². The van der Waals surface area contributed by atoms with E-state index in [4.69, 9.17) is 21.2 Å². The Balaban J connectivity index is 1.74. The first-order valence-electron chi connectivity index (χ1n) is 7.91. The Kier molecular flexibility index (Phi) is 6.84. The molecular formula is C17H25ClN2O3. The largest absolute Gasteiger partial charge is 0.390 e. The van der Waals surface area contributed by atoms with Gasteiger partial charge in [-0.15, -0.1) is 0 Å². The number of rotatable bonds is 8. The normalized spacial score (nSPS) is 19.1. The summed E-state index contributed by atoms with van der Waals surface area (Å²) >= 11 is 5.90. The van der Waals surface area contributed by atoms with Gasteiger partial charge in [0.25, 0.3) is 0 Å². The molecule has 0 saturated carbocycles. The van der Waals surface area contributed by atoms with Crippen LogP contribution in [0.1, 0.15) is 25.8 Å². The second-order valence-electron chi connectivity index (χ2n) is 6.23. The molecule has 1 heterocycles. The Morgan fingerprint density at radius 1 is 1.39 bits per heavy atom. The van der Waals surface area contributed by atoms with E-state index >= 15 is 0 Å². The van der Waals surface area contributed by atoms with E-state index in [0.717, 1.165) is 17.7 Å². The molecular weight excluding hydrogens is 316 g/mol. The number of hydrogen-bond acceptors (Lipinski definition) is 5. The van der Waals surface area contributed by atoms with Crippen LogP contribution in [0, 0.1) is 0 Å². The zero-order valence-electron chi connectivity index (χ0n) is 13.9. The molecule has 0 saturated heterocycles. The first kappa shape index (κ1) is 18.2. The molecule has 0 bridgehead atoms. The summed E-state index contributed by atoms with van der Waals surface area (Å²) in [6.45, 7) is 5.51. The average molecular weight is 341 g/mol. The molecule has 6 heteroatoms. The number of aliphatic hydroxyl groups is 1. The minimum absolute atomic E-state index is 0.00361. The third-order valence-electron chi connectivity index (χ3n) is 3.57. The van der Waals surface area contributed by atoms with E-state index in [1.165, 1.54) is 0 Å². The average Bonchev–Trinajstić information content (AvgIpc) is 2.94. The van der Waals surface area contributed by atoms with Gasteiger partial charge in [0.2, 0.25) is 0 Å². The highest BCUT2D eigenvalue weighted by atomic mass is 35.5. The van der Waals surface area contributed by atoms with Gasteiger partial charge in [0.1, 0.15) is 6.10 Å². The van der Waals surface area contributed by atoms with E-state index in [-0.39, 0.29) is 12.2 Å². The predicted octanol–water partition coefficient (Wildman–Crippen LogP) is 2.55. The lowest BCUT2D eigenvalue weighted by atomic mass is 10.0. The van der Waals surface area contributed by atoms with E-state index in [0.29, 0.717) is 24.7 Å². The smallest absolute Gasteiger partial charge is 0.145 e. The van der Waals surface area contributed by atoms with Crippen molar-refractivity contribution in [2.45, 2.75) is 38.6 Å². The third-order valence-corrected chi connectivity index (χ3v) is 3.82. The lowest BCUT2D eigenvalue weighted by molar-refractivity contribution is -0.0133. The van der Waals surface area contributed by atoms with Gasteiger partial charge in [0.15, 0.2) is 0 Å². The van der Waals surface area contributed by atoms with Gasteiger partial charge >= 0.3 is 0 Å². The number of nitrogens with zero attached hydrogens (tertiary/aromatic N) is 2. The van der Waals surface area contributed by atoms with Crippen molar-refractivity contribution >= 4 is 17.3 Å². The molecule has 1 N–H and O–H groups in total. The summed E-state index contributed by atoms with van der Waals surface area (Å²) in [6.07, 6.45) is 0.387. The highest BCUT2D eigenvalue weighted by Crippen LogP contribution is 2.19. The summed E-state index contributed by atoms with van der Waals surface area (Å²) in [5.74, 6) is 0. The molecule has 1 aliphatic heterocycles. The first-order valence-corrected chi connectivity index (χ1v) is 8.28. The molecule has 0 spiro atoms. The molecule has 0 fully saturated rings. The molecule has 1 aromatic rings. The maximum Gasteiger partial charge on any atom is 0.145 e. The number of halogens is 1. The van der Waals surface area contributed by atoms with Crippen molar-refractivity contribution < 1.29 is 14.7 Å². The van der Waals surface area contributed by atoms with Gasteiger partial charge in [-0.25, -0.2) is 0 Å². The van der Waals surface area contributed by atoms with Gasteiger partial charge in [-0.1, -0.05) is 28.9 Å². The number of ether oxygens (including phenoxy) is 1. The van der Waals surface area contributed by atoms with Crippen LogP contribution < -0.4 is 0 Å². The molecule has 0 aliphatic carbocycles. The first-order chi connectivity index (χ1) is 10.9. The number of benzene rings is 1. The molecule has 2 unspecified atom stereocenters. The maximum atomic E-state index is 9.95.